The van der Waals surface area contributed by atoms with Gasteiger partial charge in [-0.2, -0.15) is 0 Å². The molecule has 0 radical (unpaired) electrons. The quantitative estimate of drug-likeness (QED) is 0.539. The van der Waals surface area contributed by atoms with Gasteiger partial charge in [0.05, 0.1) is 12.0 Å². The van der Waals surface area contributed by atoms with Gasteiger partial charge < -0.3 is 19.7 Å². The Labute approximate surface area is 123 Å². The van der Waals surface area contributed by atoms with E-state index in [1.807, 2.05) is 11.8 Å². The molecule has 0 unspecified atom stereocenters. The number of carbonyl (C=O) groups excluding carboxylic acids is 1. The van der Waals surface area contributed by atoms with Crippen molar-refractivity contribution in [1.82, 2.24) is 9.97 Å². The van der Waals surface area contributed by atoms with Crippen molar-refractivity contribution in [3.05, 3.63) is 12.4 Å². The lowest BCUT2D eigenvalue weighted by Crippen LogP contribution is -2.42. The molecule has 1 saturated carbocycles. The fourth-order valence-corrected chi connectivity index (χ4v) is 3.07. The summed E-state index contributed by atoms with van der Waals surface area (Å²) in [5.41, 5.74) is -0.146. The van der Waals surface area contributed by atoms with Crippen LogP contribution in [0.5, 0.6) is 0 Å². The number of aromatic nitrogens is 2. The van der Waals surface area contributed by atoms with Crippen molar-refractivity contribution in [3.63, 3.8) is 0 Å². The van der Waals surface area contributed by atoms with Gasteiger partial charge in [-0.25, -0.2) is 9.97 Å². The van der Waals surface area contributed by atoms with Crippen molar-refractivity contribution in [2.24, 2.45) is 11.3 Å². The van der Waals surface area contributed by atoms with Crippen molar-refractivity contribution in [2.45, 2.75) is 19.8 Å². The lowest BCUT2D eigenvalue weighted by atomic mass is 9.83. The van der Waals surface area contributed by atoms with Crippen LogP contribution in [-0.4, -0.2) is 52.8 Å². The van der Waals surface area contributed by atoms with E-state index in [9.17, 15) is 4.79 Å². The predicted molar refractivity (Wildman–Crippen MR) is 75.9 cm³/mol. The maximum atomic E-state index is 12.1. The van der Waals surface area contributed by atoms with Crippen LogP contribution in [0.15, 0.2) is 12.4 Å². The molecule has 1 aromatic heterocycles. The molecule has 2 fully saturated rings. The highest BCUT2D eigenvalue weighted by Crippen LogP contribution is 2.58. The van der Waals surface area contributed by atoms with Gasteiger partial charge in [0.15, 0.2) is 0 Å². The number of fused-ring (bicyclic) bond motifs is 1. The average molecular weight is 291 g/mol. The third-order valence-corrected chi connectivity index (χ3v) is 4.37. The minimum Gasteiger partial charge on any atom is -0.466 e. The maximum Gasteiger partial charge on any atom is 0.491 e. The molecule has 2 aliphatic rings. The largest absolute Gasteiger partial charge is 0.491 e. The molecule has 1 aliphatic heterocycles. The number of rotatable bonds is 4. The van der Waals surface area contributed by atoms with Crippen LogP contribution in [0.4, 0.5) is 5.95 Å². The van der Waals surface area contributed by atoms with Crippen LogP contribution in [0.25, 0.3) is 0 Å². The molecular weight excluding hydrogens is 273 g/mol. The van der Waals surface area contributed by atoms with Gasteiger partial charge in [-0.15, -0.1) is 0 Å². The third-order valence-electron chi connectivity index (χ3n) is 4.37. The number of piperidine rings is 1. The molecule has 1 aromatic rings. The number of nitrogens with zero attached hydrogens (tertiary/aromatic N) is 3. The second kappa shape index (κ2) is 5.27. The Morgan fingerprint density at radius 2 is 2.24 bits per heavy atom. The monoisotopic (exact) mass is 291 g/mol. The summed E-state index contributed by atoms with van der Waals surface area (Å²) in [5, 5.41) is 18.1. The van der Waals surface area contributed by atoms with E-state index in [-0.39, 0.29) is 11.4 Å². The second-order valence-corrected chi connectivity index (χ2v) is 5.68. The molecule has 8 heteroatoms. The Morgan fingerprint density at radius 3 is 2.86 bits per heavy atom. The molecule has 0 amide bonds. The van der Waals surface area contributed by atoms with Crippen LogP contribution < -0.4 is 10.4 Å². The Hall–Kier alpha value is -1.67. The van der Waals surface area contributed by atoms with Gasteiger partial charge in [-0.05, 0) is 25.7 Å². The van der Waals surface area contributed by atoms with Crippen LogP contribution in [0.1, 0.15) is 19.8 Å². The molecular formula is C13H18BN3O4. The predicted octanol–water partition coefficient (Wildman–Crippen LogP) is -1.06. The zero-order chi connectivity index (χ0) is 15.0. The van der Waals surface area contributed by atoms with Gasteiger partial charge in [0.25, 0.3) is 0 Å². The van der Waals surface area contributed by atoms with E-state index in [0.717, 1.165) is 19.4 Å². The summed E-state index contributed by atoms with van der Waals surface area (Å²) in [6.07, 6.45) is 4.58. The van der Waals surface area contributed by atoms with Crippen LogP contribution in [0, 0.1) is 11.3 Å². The van der Waals surface area contributed by atoms with Crippen molar-refractivity contribution in [2.75, 3.05) is 24.6 Å². The number of ether oxygens (including phenoxy) is 1. The van der Waals surface area contributed by atoms with Crippen molar-refractivity contribution in [1.29, 1.82) is 0 Å². The van der Waals surface area contributed by atoms with Gasteiger partial charge >= 0.3 is 13.1 Å². The molecule has 0 spiro atoms. The molecule has 0 aromatic carbocycles. The Balaban J connectivity index is 1.73. The Bertz CT molecular complexity index is 539. The zero-order valence-electron chi connectivity index (χ0n) is 11.9. The lowest BCUT2D eigenvalue weighted by molar-refractivity contribution is -0.150. The normalized spacial score (nSPS) is 27.0. The number of hydrogen-bond acceptors (Lipinski definition) is 7. The van der Waals surface area contributed by atoms with Gasteiger partial charge in [-0.3, -0.25) is 4.79 Å². The third kappa shape index (κ3) is 2.49. The summed E-state index contributed by atoms with van der Waals surface area (Å²) in [7, 11) is -1.57. The maximum absolute atomic E-state index is 12.1. The second-order valence-electron chi connectivity index (χ2n) is 5.68. The molecule has 21 heavy (non-hydrogen) atoms. The van der Waals surface area contributed by atoms with E-state index in [2.05, 4.69) is 9.97 Å². The van der Waals surface area contributed by atoms with E-state index in [0.29, 0.717) is 25.0 Å². The number of hydrogen-bond donors (Lipinski definition) is 2. The Kier molecular flexibility index (Phi) is 3.58. The smallest absolute Gasteiger partial charge is 0.466 e. The number of anilines is 1. The molecule has 112 valence electrons. The van der Waals surface area contributed by atoms with Gasteiger partial charge in [0, 0.05) is 30.9 Å². The summed E-state index contributed by atoms with van der Waals surface area (Å²) in [4.78, 5) is 22.4. The van der Waals surface area contributed by atoms with Crippen molar-refractivity contribution in [3.8, 4) is 0 Å². The molecule has 0 bridgehead atoms. The van der Waals surface area contributed by atoms with Crippen LogP contribution in [0.3, 0.4) is 0 Å². The van der Waals surface area contributed by atoms with E-state index >= 15 is 0 Å². The number of carbonyl (C=O) groups is 1. The minimum absolute atomic E-state index is 0.123. The van der Waals surface area contributed by atoms with Gasteiger partial charge in [-0.1, -0.05) is 0 Å². The standard InChI is InChI=1S/C13H18BN3O4/c1-2-21-11(18)13-5-9(13)3-4-17(8-13)12-15-6-10(7-16-12)14(19)20/h6-7,9,19-20H,2-5,8H2,1H3/t9-,13+/m0/s1. The van der Waals surface area contributed by atoms with Crippen molar-refractivity contribution >= 4 is 24.5 Å². The first-order chi connectivity index (χ1) is 10.1. The molecule has 2 heterocycles. The van der Waals surface area contributed by atoms with E-state index in [1.165, 1.54) is 12.4 Å². The highest BCUT2D eigenvalue weighted by atomic mass is 16.5. The summed E-state index contributed by atoms with van der Waals surface area (Å²) in [6, 6.07) is 0. The highest BCUT2D eigenvalue weighted by Gasteiger charge is 2.63. The first kappa shape index (κ1) is 14.3. The zero-order valence-corrected chi connectivity index (χ0v) is 11.9. The molecule has 1 saturated heterocycles. The van der Waals surface area contributed by atoms with E-state index < -0.39 is 12.5 Å². The topological polar surface area (TPSA) is 95.8 Å². The first-order valence-corrected chi connectivity index (χ1v) is 7.17. The van der Waals surface area contributed by atoms with Gasteiger partial charge in [0.2, 0.25) is 5.95 Å². The van der Waals surface area contributed by atoms with E-state index in [1.54, 1.807) is 0 Å². The molecule has 2 N–H and O–H groups in total. The first-order valence-electron chi connectivity index (χ1n) is 7.17. The Morgan fingerprint density at radius 1 is 1.52 bits per heavy atom. The molecule has 7 nitrogen and oxygen atoms in total. The number of esters is 1. The summed E-state index contributed by atoms with van der Waals surface area (Å²) < 4.78 is 5.19. The highest BCUT2D eigenvalue weighted by molar-refractivity contribution is 6.58. The lowest BCUT2D eigenvalue weighted by Gasteiger charge is -2.31. The van der Waals surface area contributed by atoms with Crippen LogP contribution >= 0.6 is 0 Å². The average Bonchev–Trinajstić information content (AvgIpc) is 3.22. The molecule has 2 atom stereocenters. The summed E-state index contributed by atoms with van der Waals surface area (Å²) in [6.45, 7) is 3.58. The molecule has 3 rings (SSSR count). The summed E-state index contributed by atoms with van der Waals surface area (Å²) in [5.74, 6) is 0.793. The fourth-order valence-electron chi connectivity index (χ4n) is 3.07. The summed E-state index contributed by atoms with van der Waals surface area (Å²) >= 11 is 0. The van der Waals surface area contributed by atoms with Crippen LogP contribution in [0.2, 0.25) is 0 Å². The van der Waals surface area contributed by atoms with Crippen LogP contribution in [-0.2, 0) is 9.53 Å². The van der Waals surface area contributed by atoms with Gasteiger partial charge in [0.1, 0.15) is 0 Å². The molecule has 1 aliphatic carbocycles. The van der Waals surface area contributed by atoms with E-state index in [4.69, 9.17) is 14.8 Å². The minimum atomic E-state index is -1.57. The van der Waals surface area contributed by atoms with Crippen molar-refractivity contribution < 1.29 is 19.6 Å². The fraction of sp³-hybridized carbons (Fsp3) is 0.615. The SMILES string of the molecule is CCOC(=O)[C@@]12C[C@@H]1CCN(c1ncc(B(O)O)cn1)C2.